The van der Waals surface area contributed by atoms with Crippen molar-refractivity contribution in [2.45, 2.75) is 12.8 Å². The molecule has 0 saturated carbocycles. The van der Waals surface area contributed by atoms with Gasteiger partial charge in [0.25, 0.3) is 0 Å². The first-order chi connectivity index (χ1) is 3.50. The average molecular weight is 183 g/mol. The van der Waals surface area contributed by atoms with Crippen LogP contribution in [-0.2, 0) is 30.6 Å². The van der Waals surface area contributed by atoms with Crippen molar-refractivity contribution in [3.63, 3.8) is 0 Å². The summed E-state index contributed by atoms with van der Waals surface area (Å²) in [6.07, 6.45) is 0.329. The molecule has 0 aliphatic carbocycles. The summed E-state index contributed by atoms with van der Waals surface area (Å²) in [5.74, 6) is -5.78. The number of rotatable bonds is 2. The molecule has 0 aliphatic rings. The predicted octanol–water partition coefficient (Wildman–Crippen LogP) is 1.38. The summed E-state index contributed by atoms with van der Waals surface area (Å²) in [6, 6.07) is 0. The molecule has 0 unspecified atom stereocenters. The summed E-state index contributed by atoms with van der Waals surface area (Å²) in [7, 11) is 0. The molecule has 0 heterocycles. The van der Waals surface area contributed by atoms with Crippen LogP contribution < -0.4 is 0 Å². The second-order valence-corrected chi connectivity index (χ2v) is 1.22. The van der Waals surface area contributed by atoms with Crippen LogP contribution in [0.3, 0.4) is 0 Å². The summed E-state index contributed by atoms with van der Waals surface area (Å²) in [6.45, 7) is 0.994. The molecule has 2 nitrogen and oxygen atoms in total. The smallest absolute Gasteiger partial charge is 0.341 e. The number of halogens is 2. The molecule has 0 amide bonds. The zero-order valence-corrected chi connectivity index (χ0v) is 7.57. The Hall–Kier alpha value is 0.200. The SMILES string of the molecule is C[CH-]C(F)(F)C(=O)O.[CH3-].[Sc]. The first-order valence-electron chi connectivity index (χ1n) is 1.92. The van der Waals surface area contributed by atoms with Crippen LogP contribution in [0.15, 0.2) is 0 Å². The van der Waals surface area contributed by atoms with Gasteiger partial charge in [-0.25, -0.2) is 13.6 Å². The number of hydrogen-bond donors (Lipinski definition) is 1. The summed E-state index contributed by atoms with van der Waals surface area (Å²) >= 11 is 0. The third kappa shape index (κ3) is 5.02. The minimum Gasteiger partial charge on any atom is -0.479 e. The summed E-state index contributed by atoms with van der Waals surface area (Å²) in [5.41, 5.74) is 0. The Kier molecular flexibility index (Phi) is 9.90. The van der Waals surface area contributed by atoms with E-state index >= 15 is 0 Å². The normalized spacial score (nSPS) is 9.10. The molecule has 0 spiro atoms. The Morgan fingerprint density at radius 2 is 1.90 bits per heavy atom. The van der Waals surface area contributed by atoms with E-state index in [2.05, 4.69) is 0 Å². The van der Waals surface area contributed by atoms with Crippen LogP contribution in [0.5, 0.6) is 0 Å². The predicted molar refractivity (Wildman–Crippen MR) is 29.0 cm³/mol. The van der Waals surface area contributed by atoms with Crippen LogP contribution >= 0.6 is 0 Å². The van der Waals surface area contributed by atoms with Crippen molar-refractivity contribution >= 4 is 5.97 Å². The maximum Gasteiger partial charge on any atom is 0.341 e. The summed E-state index contributed by atoms with van der Waals surface area (Å²) < 4.78 is 23.2. The standard InChI is InChI=1S/C4H5F2O2.CH3.Sc/c1-2-4(5,6)3(7)8;;/h2H,1H3,(H,7,8);1H3;/q2*-1;. The molecule has 0 bridgehead atoms. The molecule has 0 atom stereocenters. The van der Waals surface area contributed by atoms with E-state index in [9.17, 15) is 13.6 Å². The second-order valence-electron chi connectivity index (χ2n) is 1.22. The number of aliphatic carboxylic acids is 1. The Morgan fingerprint density at radius 3 is 1.90 bits per heavy atom. The van der Waals surface area contributed by atoms with Crippen LogP contribution in [0, 0.1) is 13.8 Å². The minimum atomic E-state index is -3.67. The second kappa shape index (κ2) is 5.95. The molecular weight excluding hydrogens is 175 g/mol. The van der Waals surface area contributed by atoms with Gasteiger partial charge in [-0.15, -0.1) is 0 Å². The topological polar surface area (TPSA) is 37.3 Å². The molecule has 0 saturated heterocycles. The zero-order chi connectivity index (χ0) is 6.78. The Bertz CT molecular complexity index is 106. The number of carboxylic acid groups (broad SMARTS) is 1. The number of carboxylic acids is 1. The van der Waals surface area contributed by atoms with E-state index in [-0.39, 0.29) is 33.3 Å². The Labute approximate surface area is 77.4 Å². The molecular formula is C5H8F2O2Sc-2. The number of carbonyl (C=O) groups is 1. The summed E-state index contributed by atoms with van der Waals surface area (Å²) in [4.78, 5) is 9.47. The van der Waals surface area contributed by atoms with E-state index in [1.54, 1.807) is 0 Å². The van der Waals surface area contributed by atoms with Gasteiger partial charge in [0.05, 0.1) is 0 Å². The number of alkyl halides is 2. The van der Waals surface area contributed by atoms with Crippen molar-refractivity contribution in [3.05, 3.63) is 13.8 Å². The van der Waals surface area contributed by atoms with Gasteiger partial charge in [-0.1, -0.05) is 0 Å². The van der Waals surface area contributed by atoms with Crippen molar-refractivity contribution in [2.24, 2.45) is 0 Å². The molecule has 1 radical (unpaired) electrons. The first-order valence-corrected chi connectivity index (χ1v) is 1.92. The molecule has 10 heavy (non-hydrogen) atoms. The van der Waals surface area contributed by atoms with Crippen molar-refractivity contribution in [1.29, 1.82) is 0 Å². The molecule has 1 N–H and O–H groups in total. The monoisotopic (exact) mass is 183 g/mol. The van der Waals surface area contributed by atoms with Crippen LogP contribution in [0.25, 0.3) is 0 Å². The van der Waals surface area contributed by atoms with Gasteiger partial charge < -0.3 is 12.5 Å². The van der Waals surface area contributed by atoms with E-state index in [0.29, 0.717) is 6.42 Å². The van der Waals surface area contributed by atoms with Crippen LogP contribution in [0.2, 0.25) is 0 Å². The average Bonchev–Trinajstić information content (AvgIpc) is 1.67. The fraction of sp³-hybridized carbons (Fsp3) is 0.400. The Balaban J connectivity index is -0.000000245. The third-order valence-electron chi connectivity index (χ3n) is 0.648. The zero-order valence-electron chi connectivity index (χ0n) is 5.77. The van der Waals surface area contributed by atoms with Gasteiger partial charge in [-0.05, 0) is 0 Å². The van der Waals surface area contributed by atoms with Crippen LogP contribution in [0.1, 0.15) is 6.92 Å². The molecule has 0 rings (SSSR count). The fourth-order valence-corrected chi connectivity index (χ4v) is 0.123. The van der Waals surface area contributed by atoms with Gasteiger partial charge in [0.2, 0.25) is 5.92 Å². The van der Waals surface area contributed by atoms with Gasteiger partial charge in [0.15, 0.2) is 0 Å². The Morgan fingerprint density at radius 1 is 1.60 bits per heavy atom. The van der Waals surface area contributed by atoms with Gasteiger partial charge in [-0.2, -0.15) is 6.92 Å². The van der Waals surface area contributed by atoms with Gasteiger partial charge >= 0.3 is 5.97 Å². The largest absolute Gasteiger partial charge is 0.479 e. The molecule has 0 fully saturated rings. The van der Waals surface area contributed by atoms with Gasteiger partial charge in [0, 0.05) is 25.8 Å². The maximum atomic E-state index is 11.6. The summed E-state index contributed by atoms with van der Waals surface area (Å²) in [5, 5.41) is 7.66. The molecule has 0 aromatic rings. The van der Waals surface area contributed by atoms with E-state index in [1.807, 2.05) is 0 Å². The fourth-order valence-electron chi connectivity index (χ4n) is 0.123. The minimum absolute atomic E-state index is 0. The van der Waals surface area contributed by atoms with Crippen LogP contribution in [0.4, 0.5) is 8.78 Å². The van der Waals surface area contributed by atoms with E-state index in [1.165, 1.54) is 0 Å². The van der Waals surface area contributed by atoms with Crippen molar-refractivity contribution < 1.29 is 44.5 Å². The number of hydrogen-bond acceptors (Lipinski definition) is 1. The van der Waals surface area contributed by atoms with Crippen molar-refractivity contribution in [2.75, 3.05) is 0 Å². The third-order valence-corrected chi connectivity index (χ3v) is 0.648. The quantitative estimate of drug-likeness (QED) is 0.656. The van der Waals surface area contributed by atoms with Crippen LogP contribution in [-0.4, -0.2) is 17.0 Å². The molecule has 0 aliphatic heterocycles. The molecule has 5 heteroatoms. The van der Waals surface area contributed by atoms with Crippen molar-refractivity contribution in [1.82, 2.24) is 0 Å². The van der Waals surface area contributed by atoms with E-state index in [0.717, 1.165) is 6.92 Å². The molecule has 0 aromatic heterocycles. The molecule has 59 valence electrons. The van der Waals surface area contributed by atoms with E-state index in [4.69, 9.17) is 5.11 Å². The molecule has 0 aromatic carbocycles. The van der Waals surface area contributed by atoms with E-state index < -0.39 is 11.9 Å². The van der Waals surface area contributed by atoms with Crippen molar-refractivity contribution in [3.8, 4) is 0 Å². The van der Waals surface area contributed by atoms with Gasteiger partial charge in [-0.3, -0.25) is 6.42 Å². The first kappa shape index (κ1) is 16.7. The van der Waals surface area contributed by atoms with Gasteiger partial charge in [0.1, 0.15) is 0 Å². The maximum absolute atomic E-state index is 11.6.